The number of hydrogen-bond acceptors (Lipinski definition) is 2. The third-order valence-electron chi connectivity index (χ3n) is 4.30. The van der Waals surface area contributed by atoms with Crippen molar-refractivity contribution in [2.24, 2.45) is 0 Å². The van der Waals surface area contributed by atoms with Crippen LogP contribution in [-0.2, 0) is 10.4 Å². The average molecular weight is 313 g/mol. The van der Waals surface area contributed by atoms with Crippen LogP contribution in [0.1, 0.15) is 11.1 Å². The van der Waals surface area contributed by atoms with Gasteiger partial charge in [0, 0.05) is 40.3 Å². The van der Waals surface area contributed by atoms with Gasteiger partial charge in [0.1, 0.15) is 0 Å². The van der Waals surface area contributed by atoms with Gasteiger partial charge in [-0.1, -0.05) is 29.8 Å². The van der Waals surface area contributed by atoms with E-state index in [4.69, 9.17) is 11.6 Å². The third-order valence-corrected chi connectivity index (χ3v) is 4.54. The van der Waals surface area contributed by atoms with E-state index < -0.39 is 5.60 Å². The van der Waals surface area contributed by atoms with E-state index in [-0.39, 0.29) is 5.91 Å². The molecule has 2 heterocycles. The van der Waals surface area contributed by atoms with E-state index in [0.29, 0.717) is 21.8 Å². The van der Waals surface area contributed by atoms with E-state index in [1.165, 1.54) is 4.90 Å². The molecule has 3 aromatic rings. The number of hydrogen-bond donors (Lipinski definition) is 2. The number of likely N-dealkylation sites (N-methyl/N-ethyl adjacent to an activating group) is 1. The molecule has 4 rings (SSSR count). The number of nitrogens with zero attached hydrogens (tertiary/aromatic N) is 1. The number of carbonyl (C=O) groups excluding carboxylic acids is 1. The molecule has 1 aliphatic rings. The SMILES string of the molecule is CN1C(=O)C(O)(c2c[nH]c3ccccc23)c2cc(Cl)ccc21. The molecule has 4 nitrogen and oxygen atoms in total. The van der Waals surface area contributed by atoms with E-state index in [2.05, 4.69) is 4.98 Å². The number of halogens is 1. The molecule has 1 atom stereocenters. The van der Waals surface area contributed by atoms with Crippen LogP contribution in [0.5, 0.6) is 0 Å². The first-order chi connectivity index (χ1) is 10.5. The Morgan fingerprint density at radius 2 is 1.95 bits per heavy atom. The molecular formula is C17H13ClN2O2. The summed E-state index contributed by atoms with van der Waals surface area (Å²) in [5.74, 6) is -0.380. The maximum absolute atomic E-state index is 12.8. The Kier molecular flexibility index (Phi) is 2.64. The van der Waals surface area contributed by atoms with Crippen molar-refractivity contribution in [1.82, 2.24) is 4.98 Å². The zero-order valence-corrected chi connectivity index (χ0v) is 12.6. The molecule has 0 bridgehead atoms. The number of para-hydroxylation sites is 1. The second-order valence-electron chi connectivity index (χ2n) is 5.48. The Hall–Kier alpha value is -2.30. The molecule has 22 heavy (non-hydrogen) atoms. The van der Waals surface area contributed by atoms with Gasteiger partial charge in [-0.05, 0) is 24.3 Å². The maximum Gasteiger partial charge on any atom is 0.268 e. The highest BCUT2D eigenvalue weighted by atomic mass is 35.5. The minimum Gasteiger partial charge on any atom is -0.372 e. The number of nitrogens with one attached hydrogen (secondary N) is 1. The summed E-state index contributed by atoms with van der Waals surface area (Å²) in [6.07, 6.45) is 1.69. The lowest BCUT2D eigenvalue weighted by atomic mass is 9.87. The fourth-order valence-electron chi connectivity index (χ4n) is 3.19. The van der Waals surface area contributed by atoms with Crippen molar-refractivity contribution in [3.05, 3.63) is 64.8 Å². The first kappa shape index (κ1) is 13.4. The maximum atomic E-state index is 12.8. The molecule has 2 aromatic carbocycles. The van der Waals surface area contributed by atoms with Gasteiger partial charge in [-0.2, -0.15) is 0 Å². The normalized spacial score (nSPS) is 20.7. The lowest BCUT2D eigenvalue weighted by Crippen LogP contribution is -2.39. The monoisotopic (exact) mass is 312 g/mol. The summed E-state index contributed by atoms with van der Waals surface area (Å²) in [4.78, 5) is 17.3. The molecular weight excluding hydrogens is 300 g/mol. The average Bonchev–Trinajstić information content (AvgIpc) is 3.03. The number of aromatic nitrogens is 1. The highest BCUT2D eigenvalue weighted by molar-refractivity contribution is 6.31. The highest BCUT2D eigenvalue weighted by Gasteiger charge is 2.51. The van der Waals surface area contributed by atoms with Crippen molar-refractivity contribution < 1.29 is 9.90 Å². The van der Waals surface area contributed by atoms with Gasteiger partial charge in [-0.25, -0.2) is 0 Å². The first-order valence-corrected chi connectivity index (χ1v) is 7.28. The summed E-state index contributed by atoms with van der Waals surface area (Å²) in [7, 11) is 1.65. The molecule has 2 N–H and O–H groups in total. The summed E-state index contributed by atoms with van der Waals surface area (Å²) < 4.78 is 0. The van der Waals surface area contributed by atoms with Gasteiger partial charge in [-0.15, -0.1) is 0 Å². The minimum absolute atomic E-state index is 0.380. The van der Waals surface area contributed by atoms with Crippen LogP contribution in [0.25, 0.3) is 10.9 Å². The standard InChI is InChI=1S/C17H13ClN2O2/c1-20-15-7-6-10(18)8-12(15)17(22,16(20)21)13-9-19-14-5-3-2-4-11(13)14/h2-9,19,22H,1H3. The van der Waals surface area contributed by atoms with Gasteiger partial charge in [0.05, 0.1) is 5.69 Å². The number of H-pyrrole nitrogens is 1. The van der Waals surface area contributed by atoms with Gasteiger partial charge in [0.15, 0.2) is 5.60 Å². The summed E-state index contributed by atoms with van der Waals surface area (Å²) in [6.45, 7) is 0. The van der Waals surface area contributed by atoms with Crippen molar-refractivity contribution in [1.29, 1.82) is 0 Å². The van der Waals surface area contributed by atoms with Crippen molar-refractivity contribution >= 4 is 34.1 Å². The molecule has 0 saturated heterocycles. The van der Waals surface area contributed by atoms with Crippen LogP contribution in [0.4, 0.5) is 5.69 Å². The smallest absolute Gasteiger partial charge is 0.268 e. The lowest BCUT2D eigenvalue weighted by Gasteiger charge is -2.21. The number of carbonyl (C=O) groups is 1. The van der Waals surface area contributed by atoms with Gasteiger partial charge in [0.25, 0.3) is 5.91 Å². The fraction of sp³-hybridized carbons (Fsp3) is 0.118. The molecule has 0 aliphatic carbocycles. The Morgan fingerprint density at radius 3 is 2.77 bits per heavy atom. The largest absolute Gasteiger partial charge is 0.372 e. The second kappa shape index (κ2) is 4.35. The predicted molar refractivity (Wildman–Crippen MR) is 86.2 cm³/mol. The van der Waals surface area contributed by atoms with Crippen LogP contribution in [-0.4, -0.2) is 23.0 Å². The number of aromatic amines is 1. The lowest BCUT2D eigenvalue weighted by molar-refractivity contribution is -0.131. The predicted octanol–water partition coefficient (Wildman–Crippen LogP) is 3.03. The number of amides is 1. The molecule has 1 aromatic heterocycles. The highest BCUT2D eigenvalue weighted by Crippen LogP contribution is 2.46. The number of anilines is 1. The molecule has 0 saturated carbocycles. The number of fused-ring (bicyclic) bond motifs is 2. The minimum atomic E-state index is -1.73. The molecule has 0 fully saturated rings. The van der Waals surface area contributed by atoms with Crippen LogP contribution in [0.15, 0.2) is 48.7 Å². The zero-order chi connectivity index (χ0) is 15.5. The molecule has 1 amide bonds. The van der Waals surface area contributed by atoms with Crippen LogP contribution in [0.3, 0.4) is 0 Å². The van der Waals surface area contributed by atoms with Crippen LogP contribution < -0.4 is 4.90 Å². The van der Waals surface area contributed by atoms with Gasteiger partial charge in [-0.3, -0.25) is 4.79 Å². The zero-order valence-electron chi connectivity index (χ0n) is 11.8. The van der Waals surface area contributed by atoms with E-state index in [9.17, 15) is 9.90 Å². The van der Waals surface area contributed by atoms with E-state index in [1.807, 2.05) is 24.3 Å². The fourth-order valence-corrected chi connectivity index (χ4v) is 3.36. The Bertz CT molecular complexity index is 918. The molecule has 110 valence electrons. The summed E-state index contributed by atoms with van der Waals surface area (Å²) in [5, 5.41) is 12.6. The van der Waals surface area contributed by atoms with Gasteiger partial charge in [0.2, 0.25) is 0 Å². The number of rotatable bonds is 1. The third kappa shape index (κ3) is 1.54. The van der Waals surface area contributed by atoms with E-state index in [1.54, 1.807) is 31.4 Å². The Labute approximate surface area is 131 Å². The van der Waals surface area contributed by atoms with E-state index >= 15 is 0 Å². The van der Waals surface area contributed by atoms with E-state index in [0.717, 1.165) is 10.9 Å². The molecule has 0 spiro atoms. The summed E-state index contributed by atoms with van der Waals surface area (Å²) in [6, 6.07) is 12.7. The number of aliphatic hydroxyl groups is 1. The Balaban J connectivity index is 2.05. The quantitative estimate of drug-likeness (QED) is 0.725. The molecule has 5 heteroatoms. The number of benzene rings is 2. The Morgan fingerprint density at radius 1 is 1.18 bits per heavy atom. The van der Waals surface area contributed by atoms with Crippen molar-refractivity contribution in [3.63, 3.8) is 0 Å². The van der Waals surface area contributed by atoms with Crippen LogP contribution >= 0.6 is 11.6 Å². The first-order valence-electron chi connectivity index (χ1n) is 6.90. The van der Waals surface area contributed by atoms with Crippen molar-refractivity contribution in [2.45, 2.75) is 5.60 Å². The molecule has 1 unspecified atom stereocenters. The van der Waals surface area contributed by atoms with Gasteiger partial charge >= 0.3 is 0 Å². The van der Waals surface area contributed by atoms with Crippen LogP contribution in [0, 0.1) is 0 Å². The topological polar surface area (TPSA) is 56.3 Å². The van der Waals surface area contributed by atoms with Crippen molar-refractivity contribution in [2.75, 3.05) is 11.9 Å². The second-order valence-corrected chi connectivity index (χ2v) is 5.92. The van der Waals surface area contributed by atoms with Crippen LogP contribution in [0.2, 0.25) is 5.02 Å². The molecule has 0 radical (unpaired) electrons. The summed E-state index contributed by atoms with van der Waals surface area (Å²) >= 11 is 6.08. The summed E-state index contributed by atoms with van der Waals surface area (Å²) in [5.41, 5.74) is 0.867. The van der Waals surface area contributed by atoms with Gasteiger partial charge < -0.3 is 15.0 Å². The van der Waals surface area contributed by atoms with Crippen molar-refractivity contribution in [3.8, 4) is 0 Å². The molecule has 1 aliphatic heterocycles.